The van der Waals surface area contributed by atoms with E-state index in [0.29, 0.717) is 18.4 Å². The van der Waals surface area contributed by atoms with Gasteiger partial charge in [0.15, 0.2) is 0 Å². The van der Waals surface area contributed by atoms with Crippen LogP contribution in [-0.4, -0.2) is 55.3 Å². The Morgan fingerprint density at radius 3 is 2.33 bits per heavy atom. The average Bonchev–Trinajstić information content (AvgIpc) is 3.17. The number of rotatable bonds is 10. The van der Waals surface area contributed by atoms with E-state index in [0.717, 1.165) is 45.1 Å². The van der Waals surface area contributed by atoms with Gasteiger partial charge in [-0.3, -0.25) is 4.79 Å². The Labute approximate surface area is 217 Å². The van der Waals surface area contributed by atoms with Crippen molar-refractivity contribution in [2.75, 3.05) is 20.3 Å². The summed E-state index contributed by atoms with van der Waals surface area (Å²) in [5, 5.41) is 5.39. The molecule has 0 radical (unpaired) electrons. The quantitative estimate of drug-likeness (QED) is 0.490. The molecule has 0 saturated carbocycles. The summed E-state index contributed by atoms with van der Waals surface area (Å²) in [7, 11) is 1.78. The monoisotopic (exact) mass is 498 g/mol. The van der Waals surface area contributed by atoms with E-state index in [1.165, 1.54) is 10.4 Å². The van der Waals surface area contributed by atoms with Crippen LogP contribution in [0.1, 0.15) is 73.1 Å². The maximum absolute atomic E-state index is 13.2. The van der Waals surface area contributed by atoms with Crippen LogP contribution in [-0.2, 0) is 14.3 Å². The number of hydrogen-bond donors (Lipinski definition) is 1. The highest BCUT2D eigenvalue weighted by Gasteiger charge is 2.40. The second-order valence-electron chi connectivity index (χ2n) is 11.8. The predicted molar refractivity (Wildman–Crippen MR) is 145 cm³/mol. The highest BCUT2D eigenvalue weighted by Crippen LogP contribution is 2.28. The Hall–Kier alpha value is -2.34. The molecule has 1 heterocycles. The lowest BCUT2D eigenvalue weighted by atomic mass is 9.85. The first-order valence-corrected chi connectivity index (χ1v) is 13.7. The largest absolute Gasteiger partial charge is 0.450 e. The van der Waals surface area contributed by atoms with E-state index in [1.54, 1.807) is 7.11 Å². The molecule has 6 heteroatoms. The number of fused-ring (bicyclic) bond motifs is 1. The van der Waals surface area contributed by atoms with Crippen LogP contribution >= 0.6 is 0 Å². The molecule has 0 aromatic heterocycles. The second kappa shape index (κ2) is 12.8. The summed E-state index contributed by atoms with van der Waals surface area (Å²) in [6.07, 6.45) is 10.3. The van der Waals surface area contributed by atoms with Gasteiger partial charge in [0.1, 0.15) is 6.04 Å². The van der Waals surface area contributed by atoms with E-state index in [1.807, 2.05) is 25.7 Å². The van der Waals surface area contributed by atoms with Crippen molar-refractivity contribution < 1.29 is 19.1 Å². The van der Waals surface area contributed by atoms with Gasteiger partial charge in [-0.1, -0.05) is 77.3 Å². The average molecular weight is 499 g/mol. The fraction of sp³-hybridized carbons (Fsp3) is 0.667. The van der Waals surface area contributed by atoms with Crippen LogP contribution < -0.4 is 15.8 Å². The van der Waals surface area contributed by atoms with E-state index in [9.17, 15) is 9.59 Å². The summed E-state index contributed by atoms with van der Waals surface area (Å²) in [4.78, 5) is 27.6. The SMILES string of the molecule is COC1C=c2ccccc2=CC1CCCCCCOC(=O)NC(C(=O)N1CC(C)CC1C)C(C)(C)C. The topological polar surface area (TPSA) is 67.9 Å². The number of likely N-dealkylation sites (tertiary alicyclic amines) is 1. The van der Waals surface area contributed by atoms with Crippen LogP contribution in [0, 0.1) is 17.3 Å². The van der Waals surface area contributed by atoms with Gasteiger partial charge in [0.2, 0.25) is 5.91 Å². The zero-order chi connectivity index (χ0) is 26.3. The zero-order valence-electron chi connectivity index (χ0n) is 23.1. The summed E-state index contributed by atoms with van der Waals surface area (Å²) >= 11 is 0. The highest BCUT2D eigenvalue weighted by molar-refractivity contribution is 5.87. The molecule has 5 unspecified atom stereocenters. The lowest BCUT2D eigenvalue weighted by Gasteiger charge is -2.34. The van der Waals surface area contributed by atoms with Gasteiger partial charge in [0, 0.05) is 25.6 Å². The summed E-state index contributed by atoms with van der Waals surface area (Å²) < 4.78 is 11.2. The Balaban J connectivity index is 1.37. The van der Waals surface area contributed by atoms with Crippen molar-refractivity contribution in [3.63, 3.8) is 0 Å². The minimum absolute atomic E-state index is 0.00921. The lowest BCUT2D eigenvalue weighted by Crippen LogP contribution is -2.55. The van der Waals surface area contributed by atoms with Crippen LogP contribution in [0.15, 0.2) is 24.3 Å². The van der Waals surface area contributed by atoms with Gasteiger partial charge >= 0.3 is 6.09 Å². The van der Waals surface area contributed by atoms with Crippen molar-refractivity contribution in [2.45, 2.75) is 91.3 Å². The molecular formula is C30H46N2O4. The number of amides is 2. The van der Waals surface area contributed by atoms with E-state index < -0.39 is 17.6 Å². The van der Waals surface area contributed by atoms with Crippen molar-refractivity contribution in [3.05, 3.63) is 34.7 Å². The molecule has 0 spiro atoms. The number of ether oxygens (including phenoxy) is 2. The molecule has 0 bridgehead atoms. The molecule has 3 rings (SSSR count). The smallest absolute Gasteiger partial charge is 0.407 e. The molecule has 1 saturated heterocycles. The minimum Gasteiger partial charge on any atom is -0.450 e. The van der Waals surface area contributed by atoms with Gasteiger partial charge < -0.3 is 19.7 Å². The number of nitrogens with zero attached hydrogens (tertiary/aromatic N) is 1. The fourth-order valence-electron chi connectivity index (χ4n) is 5.51. The summed E-state index contributed by atoms with van der Waals surface area (Å²) in [5.41, 5.74) is -0.393. The van der Waals surface area contributed by atoms with Gasteiger partial charge in [0.05, 0.1) is 12.7 Å². The molecular weight excluding hydrogens is 452 g/mol. The Kier molecular flexibility index (Phi) is 10.0. The first-order valence-electron chi connectivity index (χ1n) is 13.7. The lowest BCUT2D eigenvalue weighted by molar-refractivity contribution is -0.136. The molecule has 1 N–H and O–H groups in total. The Morgan fingerprint density at radius 1 is 1.06 bits per heavy atom. The molecule has 6 nitrogen and oxygen atoms in total. The van der Waals surface area contributed by atoms with Gasteiger partial charge in [0.25, 0.3) is 0 Å². The zero-order valence-corrected chi connectivity index (χ0v) is 23.1. The summed E-state index contributed by atoms with van der Waals surface area (Å²) in [5.74, 6) is 0.868. The Morgan fingerprint density at radius 2 is 1.72 bits per heavy atom. The molecule has 5 atom stereocenters. The van der Waals surface area contributed by atoms with E-state index in [4.69, 9.17) is 9.47 Å². The molecule has 1 aromatic rings. The third-order valence-corrected chi connectivity index (χ3v) is 7.53. The van der Waals surface area contributed by atoms with Crippen molar-refractivity contribution >= 4 is 24.2 Å². The normalized spacial score (nSPS) is 24.3. The number of carbonyl (C=O) groups excluding carboxylic acids is 2. The first-order chi connectivity index (χ1) is 17.1. The standard InChI is InChI=1S/C30H46N2O4/c1-21-17-22(2)32(20-21)28(33)27(30(3,4)5)31-29(34)36-16-12-8-7-9-15-25-18-23-13-10-11-14-24(23)19-26(25)35-6/h10-11,13-14,18-19,21-22,25-27H,7-9,12,15-17,20H2,1-6H3,(H,31,34). The molecule has 1 aliphatic heterocycles. The maximum atomic E-state index is 13.2. The van der Waals surface area contributed by atoms with Crippen LogP contribution in [0.3, 0.4) is 0 Å². The molecule has 1 aromatic carbocycles. The molecule has 1 aliphatic carbocycles. The third-order valence-electron chi connectivity index (χ3n) is 7.53. The predicted octanol–water partition coefficient (Wildman–Crippen LogP) is 4.24. The number of benzene rings is 1. The van der Waals surface area contributed by atoms with Crippen molar-refractivity contribution in [1.29, 1.82) is 0 Å². The first kappa shape index (κ1) is 28.2. The summed E-state index contributed by atoms with van der Waals surface area (Å²) in [6.45, 7) is 11.3. The van der Waals surface area contributed by atoms with Crippen molar-refractivity contribution in [2.24, 2.45) is 17.3 Å². The highest BCUT2D eigenvalue weighted by atomic mass is 16.5. The Bertz CT molecular complexity index is 999. The number of carbonyl (C=O) groups is 2. The van der Waals surface area contributed by atoms with Gasteiger partial charge in [-0.2, -0.15) is 0 Å². The number of methoxy groups -OCH3 is 1. The fourth-order valence-corrected chi connectivity index (χ4v) is 5.51. The summed E-state index contributed by atoms with van der Waals surface area (Å²) in [6, 6.07) is 8.05. The second-order valence-corrected chi connectivity index (χ2v) is 11.8. The molecule has 200 valence electrons. The van der Waals surface area contributed by atoms with Crippen molar-refractivity contribution in [3.8, 4) is 0 Å². The van der Waals surface area contributed by atoms with Crippen LogP contribution in [0.25, 0.3) is 12.2 Å². The maximum Gasteiger partial charge on any atom is 0.407 e. The van der Waals surface area contributed by atoms with Crippen molar-refractivity contribution in [1.82, 2.24) is 10.2 Å². The van der Waals surface area contributed by atoms with Gasteiger partial charge in [-0.05, 0) is 54.0 Å². The van der Waals surface area contributed by atoms with Gasteiger partial charge in [-0.15, -0.1) is 0 Å². The molecule has 36 heavy (non-hydrogen) atoms. The van der Waals surface area contributed by atoms with Crippen LogP contribution in [0.4, 0.5) is 4.79 Å². The number of alkyl carbamates (subject to hydrolysis) is 1. The van der Waals surface area contributed by atoms with E-state index >= 15 is 0 Å². The number of hydrogen-bond acceptors (Lipinski definition) is 4. The third kappa shape index (κ3) is 7.58. The van der Waals surface area contributed by atoms with Gasteiger partial charge in [-0.25, -0.2) is 4.79 Å². The van der Waals surface area contributed by atoms with Crippen LogP contribution in [0.5, 0.6) is 0 Å². The molecule has 2 aliphatic rings. The van der Waals surface area contributed by atoms with E-state index in [-0.39, 0.29) is 18.1 Å². The molecule has 1 fully saturated rings. The number of unbranched alkanes of at least 4 members (excludes halogenated alkanes) is 3. The molecule has 2 amide bonds. The van der Waals surface area contributed by atoms with E-state index in [2.05, 4.69) is 55.6 Å². The van der Waals surface area contributed by atoms with Crippen LogP contribution in [0.2, 0.25) is 0 Å². The minimum atomic E-state index is -0.597. The number of nitrogens with one attached hydrogen (secondary N) is 1.